The molecule has 0 saturated heterocycles. The van der Waals surface area contributed by atoms with Gasteiger partial charge in [0.25, 0.3) is 5.82 Å². The second-order valence-electron chi connectivity index (χ2n) is 4.55. The fraction of sp³-hybridized carbons (Fsp3) is 0.308. The third-order valence-corrected chi connectivity index (χ3v) is 3.84. The summed E-state index contributed by atoms with van der Waals surface area (Å²) >= 11 is 1.03. The molecule has 1 aromatic heterocycles. The van der Waals surface area contributed by atoms with E-state index in [0.717, 1.165) is 11.8 Å². The Bertz CT molecular complexity index is 703. The minimum Gasteiger partial charge on any atom is -0.494 e. The van der Waals surface area contributed by atoms with Gasteiger partial charge in [0.15, 0.2) is 0 Å². The Morgan fingerprint density at radius 2 is 1.96 bits per heavy atom. The topological polar surface area (TPSA) is 103 Å². The molecule has 0 radical (unpaired) electrons. The average Bonchev–Trinajstić information content (AvgIpc) is 2.88. The molecule has 0 saturated carbocycles. The van der Waals surface area contributed by atoms with Crippen LogP contribution in [0.2, 0.25) is 0 Å². The lowest BCUT2D eigenvalue weighted by molar-refractivity contribution is -0.146. The van der Waals surface area contributed by atoms with Crippen LogP contribution in [0.15, 0.2) is 29.4 Å². The summed E-state index contributed by atoms with van der Waals surface area (Å²) in [6.45, 7) is 0.310. The summed E-state index contributed by atoms with van der Waals surface area (Å²) in [4.78, 5) is 10.7. The van der Waals surface area contributed by atoms with Crippen molar-refractivity contribution >= 4 is 17.7 Å². The lowest BCUT2D eigenvalue weighted by atomic mass is 10.2. The van der Waals surface area contributed by atoms with Gasteiger partial charge < -0.3 is 15.7 Å². The van der Waals surface area contributed by atoms with E-state index in [1.165, 1.54) is 24.3 Å². The van der Waals surface area contributed by atoms with Crippen molar-refractivity contribution in [3.8, 4) is 5.75 Å². The first kappa shape index (κ1) is 17.9. The summed E-state index contributed by atoms with van der Waals surface area (Å²) in [6.07, 6.45) is -4.12. The number of hydrogen-bond donors (Lipinski definition) is 2. The Morgan fingerprint density at radius 3 is 2.50 bits per heavy atom. The Morgan fingerprint density at radius 1 is 1.29 bits per heavy atom. The first-order valence-electron chi connectivity index (χ1n) is 6.65. The Hall–Kier alpha value is -2.43. The molecule has 1 heterocycles. The van der Waals surface area contributed by atoms with Crippen LogP contribution in [0.4, 0.5) is 13.2 Å². The van der Waals surface area contributed by atoms with E-state index in [1.807, 2.05) is 0 Å². The van der Waals surface area contributed by atoms with E-state index in [4.69, 9.17) is 15.7 Å². The molecule has 0 spiro atoms. The molecule has 7 nitrogen and oxygen atoms in total. The van der Waals surface area contributed by atoms with Crippen molar-refractivity contribution in [2.45, 2.75) is 17.8 Å². The summed E-state index contributed by atoms with van der Waals surface area (Å²) in [5.41, 5.74) is 0.153. The van der Waals surface area contributed by atoms with Crippen LogP contribution in [-0.2, 0) is 6.18 Å². The highest BCUT2D eigenvalue weighted by Gasteiger charge is 2.38. The van der Waals surface area contributed by atoms with E-state index in [9.17, 15) is 18.0 Å². The van der Waals surface area contributed by atoms with Crippen LogP contribution in [0, 0.1) is 0 Å². The summed E-state index contributed by atoms with van der Waals surface area (Å²) < 4.78 is 43.3. The van der Waals surface area contributed by atoms with Crippen LogP contribution >= 0.6 is 11.8 Å². The third-order valence-electron chi connectivity index (χ3n) is 2.81. The smallest absolute Gasteiger partial charge is 0.453 e. The van der Waals surface area contributed by atoms with Crippen LogP contribution in [0.5, 0.6) is 5.75 Å². The molecule has 2 rings (SSSR count). The number of carbonyl (C=O) groups is 1. The van der Waals surface area contributed by atoms with Gasteiger partial charge >= 0.3 is 12.1 Å². The first-order valence-corrected chi connectivity index (χ1v) is 7.64. The summed E-state index contributed by atoms with van der Waals surface area (Å²) in [7, 11) is 0. The molecule has 2 aromatic rings. The molecule has 1 aromatic carbocycles. The number of rotatable bonds is 7. The maximum absolute atomic E-state index is 12.5. The highest BCUT2D eigenvalue weighted by atomic mass is 32.2. The van der Waals surface area contributed by atoms with Gasteiger partial charge in [0.05, 0.1) is 12.2 Å². The van der Waals surface area contributed by atoms with Gasteiger partial charge in [0.1, 0.15) is 5.75 Å². The van der Waals surface area contributed by atoms with Crippen LogP contribution < -0.4 is 10.6 Å². The quantitative estimate of drug-likeness (QED) is 0.442. The van der Waals surface area contributed by atoms with Crippen molar-refractivity contribution in [2.75, 3.05) is 18.2 Å². The zero-order valence-electron chi connectivity index (χ0n) is 12.2. The van der Waals surface area contributed by atoms with E-state index in [0.29, 0.717) is 29.2 Å². The van der Waals surface area contributed by atoms with E-state index in [2.05, 4.69) is 10.2 Å². The zero-order valence-corrected chi connectivity index (χ0v) is 13.0. The molecule has 0 fully saturated rings. The van der Waals surface area contributed by atoms with Gasteiger partial charge in [0, 0.05) is 5.75 Å². The van der Waals surface area contributed by atoms with Gasteiger partial charge in [-0.1, -0.05) is 11.8 Å². The fourth-order valence-electron chi connectivity index (χ4n) is 1.67. The number of carboxylic acids is 1. The zero-order chi connectivity index (χ0) is 17.7. The van der Waals surface area contributed by atoms with E-state index in [-0.39, 0.29) is 10.7 Å². The van der Waals surface area contributed by atoms with E-state index < -0.39 is 18.0 Å². The highest BCUT2D eigenvalue weighted by Crippen LogP contribution is 2.28. The number of thioether (sulfide) groups is 1. The molecule has 0 aliphatic heterocycles. The average molecular weight is 362 g/mol. The largest absolute Gasteiger partial charge is 0.494 e. The summed E-state index contributed by atoms with van der Waals surface area (Å²) in [5.74, 6) is 3.97. The predicted octanol–water partition coefficient (Wildman–Crippen LogP) is 2.27. The first-order chi connectivity index (χ1) is 11.3. The Labute approximate surface area is 138 Å². The van der Waals surface area contributed by atoms with E-state index in [1.54, 1.807) is 0 Å². The maximum atomic E-state index is 12.5. The Balaban J connectivity index is 1.75. The lowest BCUT2D eigenvalue weighted by Crippen LogP contribution is -2.21. The highest BCUT2D eigenvalue weighted by molar-refractivity contribution is 7.99. The molecule has 130 valence electrons. The number of ether oxygens (including phenoxy) is 1. The fourth-order valence-corrected chi connectivity index (χ4v) is 2.44. The number of hydrogen-bond acceptors (Lipinski definition) is 6. The number of halogens is 3. The number of nitrogens with zero attached hydrogens (tertiary/aromatic N) is 3. The predicted molar refractivity (Wildman–Crippen MR) is 79.4 cm³/mol. The SMILES string of the molecule is Nn1c(SCCCOc2ccc(C(=O)O)cc2)nnc1C(F)(F)F. The number of nitrogen functional groups attached to an aromatic ring is 1. The number of aromatic carboxylic acids is 1. The number of nitrogens with two attached hydrogens (primary N) is 1. The van der Waals surface area contributed by atoms with Gasteiger partial charge in [-0.25, -0.2) is 9.47 Å². The van der Waals surface area contributed by atoms with Gasteiger partial charge in [-0.2, -0.15) is 13.2 Å². The molecular weight excluding hydrogens is 349 g/mol. The lowest BCUT2D eigenvalue weighted by Gasteiger charge is -2.07. The molecule has 0 bridgehead atoms. The second-order valence-corrected chi connectivity index (χ2v) is 5.62. The molecule has 24 heavy (non-hydrogen) atoms. The monoisotopic (exact) mass is 362 g/mol. The second kappa shape index (κ2) is 7.43. The van der Waals surface area contributed by atoms with Crippen molar-refractivity contribution in [3.63, 3.8) is 0 Å². The van der Waals surface area contributed by atoms with Crippen molar-refractivity contribution in [2.24, 2.45) is 0 Å². The minimum atomic E-state index is -4.65. The van der Waals surface area contributed by atoms with Crippen LogP contribution in [0.25, 0.3) is 0 Å². The molecular formula is C13H13F3N4O3S. The molecule has 0 unspecified atom stereocenters. The molecule has 3 N–H and O–H groups in total. The van der Waals surface area contributed by atoms with Gasteiger partial charge in [-0.05, 0) is 30.7 Å². The molecule has 0 atom stereocenters. The van der Waals surface area contributed by atoms with Gasteiger partial charge in [-0.3, -0.25) is 0 Å². The standard InChI is InChI=1S/C13H13F3N4O3S/c14-13(15,16)11-18-19-12(20(11)17)24-7-1-6-23-9-4-2-8(3-5-9)10(21)22/h2-5H,1,6-7,17H2,(H,21,22). The van der Waals surface area contributed by atoms with Crippen molar-refractivity contribution in [3.05, 3.63) is 35.7 Å². The normalized spacial score (nSPS) is 11.5. The molecule has 0 aliphatic carbocycles. The van der Waals surface area contributed by atoms with Crippen LogP contribution in [0.1, 0.15) is 22.6 Å². The molecule has 11 heteroatoms. The number of benzene rings is 1. The number of alkyl halides is 3. The number of carboxylic acid groups (broad SMARTS) is 1. The van der Waals surface area contributed by atoms with Crippen molar-refractivity contribution in [1.82, 2.24) is 14.9 Å². The Kier molecular flexibility index (Phi) is 5.54. The van der Waals surface area contributed by atoms with Gasteiger partial charge in [-0.15, -0.1) is 10.2 Å². The van der Waals surface area contributed by atoms with Crippen LogP contribution in [-0.4, -0.2) is 38.3 Å². The molecule has 0 aliphatic rings. The van der Waals surface area contributed by atoms with E-state index >= 15 is 0 Å². The minimum absolute atomic E-state index is 0.0341. The van der Waals surface area contributed by atoms with Crippen molar-refractivity contribution < 1.29 is 27.8 Å². The molecule has 0 amide bonds. The van der Waals surface area contributed by atoms with Gasteiger partial charge in [0.2, 0.25) is 5.16 Å². The van der Waals surface area contributed by atoms with Crippen LogP contribution in [0.3, 0.4) is 0 Å². The number of aromatic nitrogens is 3. The third kappa shape index (κ3) is 4.54. The summed E-state index contributed by atoms with van der Waals surface area (Å²) in [5, 5.41) is 15.2. The maximum Gasteiger partial charge on any atom is 0.453 e. The van der Waals surface area contributed by atoms with Crippen molar-refractivity contribution in [1.29, 1.82) is 0 Å². The summed E-state index contributed by atoms with van der Waals surface area (Å²) in [6, 6.07) is 5.90.